The third-order valence-electron chi connectivity index (χ3n) is 4.35. The lowest BCUT2D eigenvalue weighted by molar-refractivity contribution is 0.312. The summed E-state index contributed by atoms with van der Waals surface area (Å²) in [5, 5.41) is 13.3. The Labute approximate surface area is 179 Å². The van der Waals surface area contributed by atoms with Crippen LogP contribution in [0.3, 0.4) is 0 Å². The molecule has 3 aromatic rings. The van der Waals surface area contributed by atoms with Gasteiger partial charge in [0.15, 0.2) is 11.5 Å². The minimum Gasteiger partial charge on any atom is -0.493 e. The first-order chi connectivity index (χ1) is 14.2. The van der Waals surface area contributed by atoms with Crippen LogP contribution < -0.4 is 14.8 Å². The molecule has 0 saturated heterocycles. The lowest BCUT2D eigenvalue weighted by Gasteiger charge is -2.16. The Kier molecular flexibility index (Phi) is 6.50. The number of benzene rings is 2. The van der Waals surface area contributed by atoms with Crippen molar-refractivity contribution < 1.29 is 18.4 Å². The SMILES string of the molecule is COc1cc2ncc(C#N)c(Nc3ccc(F)c(Cl)c3)c2cc1OCCP(C)(C)=O. The van der Waals surface area contributed by atoms with Gasteiger partial charge in [0, 0.05) is 29.5 Å². The zero-order valence-corrected chi connectivity index (χ0v) is 18.4. The highest BCUT2D eigenvalue weighted by atomic mass is 35.5. The van der Waals surface area contributed by atoms with Gasteiger partial charge in [-0.3, -0.25) is 4.98 Å². The predicted molar refractivity (Wildman–Crippen MR) is 118 cm³/mol. The van der Waals surface area contributed by atoms with E-state index < -0.39 is 13.0 Å². The van der Waals surface area contributed by atoms with Gasteiger partial charge in [-0.1, -0.05) is 11.6 Å². The average molecular weight is 448 g/mol. The molecule has 9 heteroatoms. The largest absolute Gasteiger partial charge is 0.493 e. The van der Waals surface area contributed by atoms with Crippen molar-refractivity contribution in [2.24, 2.45) is 0 Å². The predicted octanol–water partition coefficient (Wildman–Crippen LogP) is 5.65. The molecule has 3 rings (SSSR count). The van der Waals surface area contributed by atoms with Gasteiger partial charge in [0.2, 0.25) is 0 Å². The summed E-state index contributed by atoms with van der Waals surface area (Å²) in [7, 11) is -0.712. The van der Waals surface area contributed by atoms with Crippen molar-refractivity contribution in [2.75, 3.05) is 38.5 Å². The Morgan fingerprint density at radius 1 is 1.27 bits per heavy atom. The van der Waals surface area contributed by atoms with E-state index in [1.807, 2.05) is 0 Å². The Bertz CT molecular complexity index is 1190. The number of hydrogen-bond donors (Lipinski definition) is 1. The summed E-state index contributed by atoms with van der Waals surface area (Å²) in [4.78, 5) is 4.33. The number of pyridine rings is 1. The van der Waals surface area contributed by atoms with Crippen molar-refractivity contribution in [1.82, 2.24) is 4.98 Å². The number of nitrogens with one attached hydrogen (secondary N) is 1. The van der Waals surface area contributed by atoms with Crippen molar-refractivity contribution >= 4 is 41.0 Å². The van der Waals surface area contributed by atoms with E-state index in [9.17, 15) is 14.2 Å². The first-order valence-electron chi connectivity index (χ1n) is 9.01. The van der Waals surface area contributed by atoms with Gasteiger partial charge in [0.25, 0.3) is 0 Å². The van der Waals surface area contributed by atoms with E-state index >= 15 is 0 Å². The zero-order valence-electron chi connectivity index (χ0n) is 16.7. The molecule has 0 bridgehead atoms. The number of ether oxygens (including phenoxy) is 2. The monoisotopic (exact) mass is 447 g/mol. The number of nitrogens with zero attached hydrogens (tertiary/aromatic N) is 2. The van der Waals surface area contributed by atoms with Crippen LogP contribution in [0.5, 0.6) is 11.5 Å². The van der Waals surface area contributed by atoms with Crippen LogP contribution in [0.1, 0.15) is 5.56 Å². The molecule has 156 valence electrons. The number of nitriles is 1. The minimum absolute atomic E-state index is 0.0360. The number of anilines is 2. The lowest BCUT2D eigenvalue weighted by atomic mass is 10.1. The smallest absolute Gasteiger partial charge is 0.162 e. The Balaban J connectivity index is 2.07. The molecule has 0 saturated carbocycles. The van der Waals surface area contributed by atoms with Gasteiger partial charge in [-0.2, -0.15) is 5.26 Å². The van der Waals surface area contributed by atoms with E-state index in [0.717, 1.165) is 0 Å². The van der Waals surface area contributed by atoms with Gasteiger partial charge >= 0.3 is 0 Å². The molecule has 0 fully saturated rings. The normalized spacial score (nSPS) is 11.2. The van der Waals surface area contributed by atoms with Crippen molar-refractivity contribution in [3.8, 4) is 17.6 Å². The topological polar surface area (TPSA) is 84.2 Å². The fourth-order valence-corrected chi connectivity index (χ4v) is 3.50. The highest BCUT2D eigenvalue weighted by molar-refractivity contribution is 7.62. The third kappa shape index (κ3) is 5.02. The maximum absolute atomic E-state index is 13.5. The second kappa shape index (κ2) is 8.91. The first kappa shape index (κ1) is 21.9. The Hall–Kier alpha value is -2.81. The van der Waals surface area contributed by atoms with Crippen molar-refractivity contribution in [2.45, 2.75) is 0 Å². The fraction of sp³-hybridized carbons (Fsp3) is 0.238. The molecular weight excluding hydrogens is 428 g/mol. The molecule has 2 aromatic carbocycles. The van der Waals surface area contributed by atoms with Crippen LogP contribution in [0.4, 0.5) is 15.8 Å². The summed E-state index contributed by atoms with van der Waals surface area (Å²) in [5.74, 6) is 0.375. The van der Waals surface area contributed by atoms with Crippen LogP contribution >= 0.6 is 18.7 Å². The zero-order chi connectivity index (χ0) is 21.9. The van der Waals surface area contributed by atoms with Crippen molar-refractivity contribution in [1.29, 1.82) is 5.26 Å². The van der Waals surface area contributed by atoms with Crippen LogP contribution in [0.15, 0.2) is 36.5 Å². The molecule has 0 aliphatic rings. The quantitative estimate of drug-likeness (QED) is 0.471. The number of hydrogen-bond acceptors (Lipinski definition) is 6. The van der Waals surface area contributed by atoms with Crippen LogP contribution in [-0.4, -0.2) is 38.2 Å². The van der Waals surface area contributed by atoms with Crippen LogP contribution in [0.25, 0.3) is 10.9 Å². The van der Waals surface area contributed by atoms with E-state index in [1.165, 1.54) is 31.5 Å². The van der Waals surface area contributed by atoms with Gasteiger partial charge in [0.1, 0.15) is 11.9 Å². The molecule has 0 unspecified atom stereocenters. The second-order valence-electron chi connectivity index (χ2n) is 7.08. The van der Waals surface area contributed by atoms with E-state index in [-0.39, 0.29) is 11.6 Å². The summed E-state index contributed by atoms with van der Waals surface area (Å²) in [6.45, 7) is 3.66. The summed E-state index contributed by atoms with van der Waals surface area (Å²) >= 11 is 5.88. The second-order valence-corrected chi connectivity index (χ2v) is 11.1. The Morgan fingerprint density at radius 3 is 2.67 bits per heavy atom. The van der Waals surface area contributed by atoms with Gasteiger partial charge in [-0.25, -0.2) is 4.39 Å². The molecular formula is C21H20ClFN3O3P. The highest BCUT2D eigenvalue weighted by Gasteiger charge is 2.16. The molecule has 0 aliphatic carbocycles. The van der Waals surface area contributed by atoms with Crippen molar-refractivity contribution in [3.05, 3.63) is 52.9 Å². The average Bonchev–Trinajstić information content (AvgIpc) is 2.69. The van der Waals surface area contributed by atoms with Gasteiger partial charge in [-0.05, 0) is 37.6 Å². The summed E-state index contributed by atoms with van der Waals surface area (Å²) < 4.78 is 36.7. The van der Waals surface area contributed by atoms with Gasteiger partial charge in [0.05, 0.1) is 42.6 Å². The van der Waals surface area contributed by atoms with Gasteiger partial charge < -0.3 is 19.4 Å². The Morgan fingerprint density at radius 2 is 2.03 bits per heavy atom. The molecule has 0 atom stereocenters. The number of methoxy groups -OCH3 is 1. The molecule has 1 heterocycles. The maximum atomic E-state index is 13.5. The fourth-order valence-electron chi connectivity index (χ4n) is 2.79. The minimum atomic E-state index is -2.23. The number of halogens is 2. The summed E-state index contributed by atoms with van der Waals surface area (Å²) in [5.41, 5.74) is 1.87. The molecule has 0 spiro atoms. The van der Waals surface area contributed by atoms with E-state index in [1.54, 1.807) is 25.5 Å². The third-order valence-corrected chi connectivity index (χ3v) is 5.90. The van der Waals surface area contributed by atoms with Crippen molar-refractivity contribution in [3.63, 3.8) is 0 Å². The van der Waals surface area contributed by atoms with Gasteiger partial charge in [-0.15, -0.1) is 0 Å². The molecule has 0 amide bonds. The molecule has 1 N–H and O–H groups in total. The van der Waals surface area contributed by atoms with Crippen LogP contribution in [0, 0.1) is 17.1 Å². The summed E-state index contributed by atoms with van der Waals surface area (Å²) in [6, 6.07) is 9.72. The van der Waals surface area contributed by atoms with E-state index in [0.29, 0.717) is 45.5 Å². The standard InChI is InChI=1S/C21H20ClFN3O3P/c1-28-19-10-18-15(9-20(19)29-6-7-30(2,3)27)21(13(11-24)12-25-18)26-14-4-5-17(23)16(22)8-14/h4-5,8-10,12H,6-7H2,1-3H3,(H,25,26). The van der Waals surface area contributed by atoms with Crippen LogP contribution in [-0.2, 0) is 4.57 Å². The molecule has 30 heavy (non-hydrogen) atoms. The molecule has 6 nitrogen and oxygen atoms in total. The molecule has 0 radical (unpaired) electrons. The number of fused-ring (bicyclic) bond motifs is 1. The molecule has 1 aromatic heterocycles. The van der Waals surface area contributed by atoms with E-state index in [2.05, 4.69) is 16.4 Å². The number of rotatable bonds is 7. The molecule has 0 aliphatic heterocycles. The van der Waals surface area contributed by atoms with Crippen LogP contribution in [0.2, 0.25) is 5.02 Å². The first-order valence-corrected chi connectivity index (χ1v) is 12.2. The highest BCUT2D eigenvalue weighted by Crippen LogP contribution is 2.39. The summed E-state index contributed by atoms with van der Waals surface area (Å²) in [6.07, 6.45) is 1.87. The maximum Gasteiger partial charge on any atom is 0.162 e. The van der Waals surface area contributed by atoms with E-state index in [4.69, 9.17) is 21.1 Å². The lowest BCUT2D eigenvalue weighted by Crippen LogP contribution is -2.05. The number of aromatic nitrogens is 1.